The van der Waals surface area contributed by atoms with E-state index in [4.69, 9.17) is 15.6 Å². The molecular formula is C18H39N7O3. The molecule has 0 aromatic heterocycles. The second-order valence-corrected chi connectivity index (χ2v) is 7.09. The summed E-state index contributed by atoms with van der Waals surface area (Å²) in [6.45, 7) is 16.0. The minimum Gasteiger partial charge on any atom is -0.411 e. The van der Waals surface area contributed by atoms with Crippen LogP contribution in [0.5, 0.6) is 0 Å². The van der Waals surface area contributed by atoms with Gasteiger partial charge in [0.25, 0.3) is 0 Å². The van der Waals surface area contributed by atoms with Crippen LogP contribution in [0.3, 0.4) is 0 Å². The van der Waals surface area contributed by atoms with Crippen molar-refractivity contribution in [3.8, 4) is 0 Å². The number of hydrogen-bond acceptors (Lipinski definition) is 10. The van der Waals surface area contributed by atoms with Gasteiger partial charge in [0.2, 0.25) is 0 Å². The highest BCUT2D eigenvalue weighted by Crippen LogP contribution is 1.93. The molecule has 0 amide bonds. The largest absolute Gasteiger partial charge is 0.411 e. The zero-order valence-corrected chi connectivity index (χ0v) is 18.1. The van der Waals surface area contributed by atoms with Crippen molar-refractivity contribution >= 4 is 17.1 Å². The molecule has 6 N–H and O–H groups in total. The molecule has 0 heterocycles. The Morgan fingerprint density at radius 1 is 0.643 bits per heavy atom. The van der Waals surface area contributed by atoms with Crippen LogP contribution in [-0.2, 0) is 0 Å². The van der Waals surface area contributed by atoms with E-state index in [0.29, 0.717) is 17.1 Å². The number of rotatable bonds is 15. The summed E-state index contributed by atoms with van der Waals surface area (Å²) in [6.07, 6.45) is 0. The number of nitrogens with one attached hydrogen (secondary N) is 3. The van der Waals surface area contributed by atoms with Crippen LogP contribution in [0.25, 0.3) is 0 Å². The zero-order chi connectivity index (χ0) is 21.5. The second-order valence-electron chi connectivity index (χ2n) is 7.09. The average molecular weight is 402 g/mol. The Labute approximate surface area is 168 Å². The molecule has 10 nitrogen and oxygen atoms in total. The lowest BCUT2D eigenvalue weighted by Gasteiger charge is -2.25. The highest BCUT2D eigenvalue weighted by atomic mass is 16.4. The van der Waals surface area contributed by atoms with Crippen LogP contribution in [0, 0.1) is 0 Å². The van der Waals surface area contributed by atoms with Gasteiger partial charge in [-0.2, -0.15) is 0 Å². The summed E-state index contributed by atoms with van der Waals surface area (Å²) in [6, 6.07) is 0.0277. The van der Waals surface area contributed by atoms with Crippen LogP contribution < -0.4 is 16.0 Å². The fourth-order valence-electron chi connectivity index (χ4n) is 2.36. The quantitative estimate of drug-likeness (QED) is 0.135. The molecule has 0 aromatic carbocycles. The van der Waals surface area contributed by atoms with Crippen LogP contribution in [0.2, 0.25) is 0 Å². The second kappa shape index (κ2) is 15.2. The van der Waals surface area contributed by atoms with E-state index >= 15 is 0 Å². The molecule has 0 aliphatic heterocycles. The summed E-state index contributed by atoms with van der Waals surface area (Å²) in [5.74, 6) is 0. The molecule has 10 heteroatoms. The number of hydrogen-bond donors (Lipinski definition) is 6. The predicted octanol–water partition coefficient (Wildman–Crippen LogP) is 0.773. The Balaban J connectivity index is 4.51. The highest BCUT2D eigenvalue weighted by molar-refractivity contribution is 5.87. The van der Waals surface area contributed by atoms with E-state index in [2.05, 4.69) is 36.3 Å². The first-order valence-corrected chi connectivity index (χ1v) is 9.74. The molecule has 0 saturated heterocycles. The fourth-order valence-corrected chi connectivity index (χ4v) is 2.36. The van der Waals surface area contributed by atoms with Crippen molar-refractivity contribution in [1.82, 2.24) is 20.9 Å². The van der Waals surface area contributed by atoms with Gasteiger partial charge < -0.3 is 31.6 Å². The average Bonchev–Trinajstić information content (AvgIpc) is 2.70. The Hall–Kier alpha value is -1.75. The van der Waals surface area contributed by atoms with E-state index < -0.39 is 0 Å². The summed E-state index contributed by atoms with van der Waals surface area (Å²) < 4.78 is 0. The van der Waals surface area contributed by atoms with Gasteiger partial charge in [-0.25, -0.2) is 0 Å². The van der Waals surface area contributed by atoms with E-state index in [9.17, 15) is 0 Å². The molecule has 3 unspecified atom stereocenters. The third-order valence-electron chi connectivity index (χ3n) is 4.99. The van der Waals surface area contributed by atoms with Gasteiger partial charge in [0.15, 0.2) is 0 Å². The molecule has 0 aromatic rings. The number of oxime groups is 3. The predicted molar refractivity (Wildman–Crippen MR) is 114 cm³/mol. The molecule has 0 aliphatic rings. The normalized spacial score (nSPS) is 17.0. The van der Waals surface area contributed by atoms with Crippen LogP contribution in [0.15, 0.2) is 15.5 Å². The Morgan fingerprint density at radius 3 is 1.11 bits per heavy atom. The lowest BCUT2D eigenvalue weighted by atomic mass is 10.2. The van der Waals surface area contributed by atoms with Gasteiger partial charge in [0.1, 0.15) is 0 Å². The molecular weight excluding hydrogens is 362 g/mol. The Bertz CT molecular complexity index is 440. The summed E-state index contributed by atoms with van der Waals surface area (Å²) >= 11 is 0. The van der Waals surface area contributed by atoms with Crippen LogP contribution in [0.1, 0.15) is 41.5 Å². The van der Waals surface area contributed by atoms with Crippen LogP contribution >= 0.6 is 0 Å². The smallest absolute Gasteiger partial charge is 0.0706 e. The van der Waals surface area contributed by atoms with E-state index in [1.165, 1.54) is 0 Å². The lowest BCUT2D eigenvalue weighted by molar-refractivity contribution is 0.267. The molecule has 0 spiro atoms. The molecule has 28 heavy (non-hydrogen) atoms. The molecule has 0 fully saturated rings. The summed E-state index contributed by atoms with van der Waals surface area (Å²) in [4.78, 5) is 2.31. The van der Waals surface area contributed by atoms with Crippen molar-refractivity contribution in [3.05, 3.63) is 0 Å². The number of nitrogens with zero attached hydrogens (tertiary/aromatic N) is 4. The van der Waals surface area contributed by atoms with Crippen molar-refractivity contribution in [2.45, 2.75) is 59.7 Å². The molecule has 0 aliphatic carbocycles. The first-order chi connectivity index (χ1) is 13.3. The molecule has 0 rings (SSSR count). The molecule has 164 valence electrons. The third kappa shape index (κ3) is 11.2. The van der Waals surface area contributed by atoms with Crippen LogP contribution in [-0.4, -0.2) is 95.1 Å². The molecule has 0 radical (unpaired) electrons. The van der Waals surface area contributed by atoms with Crippen LogP contribution in [0.4, 0.5) is 0 Å². The van der Waals surface area contributed by atoms with E-state index in [1.54, 1.807) is 20.8 Å². The lowest BCUT2D eigenvalue weighted by Crippen LogP contribution is -2.45. The third-order valence-corrected chi connectivity index (χ3v) is 4.99. The summed E-state index contributed by atoms with van der Waals surface area (Å²) in [5.41, 5.74) is 1.94. The fraction of sp³-hybridized carbons (Fsp3) is 0.833. The maximum absolute atomic E-state index is 8.85. The minimum atomic E-state index is 0.00924. The van der Waals surface area contributed by atoms with Crippen molar-refractivity contribution in [1.29, 1.82) is 0 Å². The minimum absolute atomic E-state index is 0.00924. The van der Waals surface area contributed by atoms with Gasteiger partial charge in [0.05, 0.1) is 17.1 Å². The standard InChI is InChI=1S/C18H39N7O3/c1-13(16(4)22-26)19-7-10-25(11-8-20-14(2)17(5)23-27)12-9-21-15(3)18(6)24-28/h13-15,19-21,26-28H,7-12H2,1-6H3/b22-16+,23-17+,24-18+. The van der Waals surface area contributed by atoms with Gasteiger partial charge in [-0.3, -0.25) is 4.90 Å². The van der Waals surface area contributed by atoms with Gasteiger partial charge in [-0.05, 0) is 41.5 Å². The van der Waals surface area contributed by atoms with Gasteiger partial charge in [-0.15, -0.1) is 0 Å². The first-order valence-electron chi connectivity index (χ1n) is 9.74. The van der Waals surface area contributed by atoms with Crippen molar-refractivity contribution < 1.29 is 15.6 Å². The maximum Gasteiger partial charge on any atom is 0.0706 e. The molecule has 3 atom stereocenters. The first kappa shape index (κ1) is 26.2. The SMILES string of the molecule is C/C(=N\O)C(C)NCCN(CCNC(C)/C(C)=N/O)CCNC(C)/C(C)=N/O. The Kier molecular flexibility index (Phi) is 14.3. The van der Waals surface area contributed by atoms with Crippen molar-refractivity contribution in [2.75, 3.05) is 39.3 Å². The van der Waals surface area contributed by atoms with Crippen molar-refractivity contribution in [2.24, 2.45) is 15.5 Å². The van der Waals surface area contributed by atoms with Gasteiger partial charge in [0, 0.05) is 57.4 Å². The molecule has 0 saturated carbocycles. The topological polar surface area (TPSA) is 137 Å². The van der Waals surface area contributed by atoms with Gasteiger partial charge in [-0.1, -0.05) is 15.5 Å². The summed E-state index contributed by atoms with van der Waals surface area (Å²) in [7, 11) is 0. The van der Waals surface area contributed by atoms with E-state index in [0.717, 1.165) is 39.3 Å². The summed E-state index contributed by atoms with van der Waals surface area (Å²) in [5, 5.41) is 46.2. The Morgan fingerprint density at radius 2 is 0.893 bits per heavy atom. The van der Waals surface area contributed by atoms with Gasteiger partial charge >= 0.3 is 0 Å². The zero-order valence-electron chi connectivity index (χ0n) is 18.1. The van der Waals surface area contributed by atoms with E-state index in [-0.39, 0.29) is 18.1 Å². The highest BCUT2D eigenvalue weighted by Gasteiger charge is 2.11. The maximum atomic E-state index is 8.85. The van der Waals surface area contributed by atoms with Crippen molar-refractivity contribution in [3.63, 3.8) is 0 Å². The molecule has 0 bridgehead atoms. The van der Waals surface area contributed by atoms with E-state index in [1.807, 2.05) is 20.8 Å². The monoisotopic (exact) mass is 401 g/mol.